The second-order valence-corrected chi connectivity index (χ2v) is 7.45. The number of rotatable bonds is 6. The van der Waals surface area contributed by atoms with Crippen LogP contribution in [0.1, 0.15) is 20.3 Å². The van der Waals surface area contributed by atoms with Crippen molar-refractivity contribution in [2.24, 2.45) is 5.92 Å². The molecule has 24 heavy (non-hydrogen) atoms. The number of fused-ring (bicyclic) bond motifs is 1. The molecule has 1 unspecified atom stereocenters. The van der Waals surface area contributed by atoms with E-state index in [-0.39, 0.29) is 28.3 Å². The van der Waals surface area contributed by atoms with Crippen molar-refractivity contribution < 1.29 is 18.3 Å². The third kappa shape index (κ3) is 3.89. The number of aromatic amines is 2. The summed E-state index contributed by atoms with van der Waals surface area (Å²) in [7, 11) is -4.15. The molecule has 0 aliphatic carbocycles. The number of H-pyrrole nitrogens is 2. The SMILES string of the molecule is CC(C)CC(NS(=O)(=O)c1ccc2[nH]c(=O)c(=O)[nH]c2c1)C(=O)[O-]. The molecule has 1 heterocycles. The molecule has 2 aromatic rings. The average Bonchev–Trinajstić information content (AvgIpc) is 2.46. The van der Waals surface area contributed by atoms with E-state index >= 15 is 0 Å². The Morgan fingerprint density at radius 1 is 1.17 bits per heavy atom. The predicted octanol–water partition coefficient (Wildman–Crippen LogP) is -1.34. The number of carboxylic acids is 1. The number of aliphatic carboxylic acids is 1. The van der Waals surface area contributed by atoms with Gasteiger partial charge in [0.25, 0.3) is 0 Å². The summed E-state index contributed by atoms with van der Waals surface area (Å²) in [6, 6.07) is 2.26. The van der Waals surface area contributed by atoms with E-state index in [0.717, 1.165) is 6.07 Å². The lowest BCUT2D eigenvalue weighted by atomic mass is 10.1. The predicted molar refractivity (Wildman–Crippen MR) is 83.8 cm³/mol. The first-order valence-corrected chi connectivity index (χ1v) is 8.58. The molecular formula is C14H16N3O6S-. The van der Waals surface area contributed by atoms with Crippen LogP contribution in [0, 0.1) is 5.92 Å². The minimum atomic E-state index is -4.15. The Hall–Kier alpha value is -2.46. The number of aromatic nitrogens is 2. The number of carbonyl (C=O) groups is 1. The lowest BCUT2D eigenvalue weighted by Gasteiger charge is -2.21. The van der Waals surface area contributed by atoms with E-state index in [0.29, 0.717) is 0 Å². The smallest absolute Gasteiger partial charge is 0.314 e. The quantitative estimate of drug-likeness (QED) is 0.546. The van der Waals surface area contributed by atoms with Crippen LogP contribution in [0.25, 0.3) is 11.0 Å². The van der Waals surface area contributed by atoms with Crippen molar-refractivity contribution >= 4 is 27.0 Å². The van der Waals surface area contributed by atoms with E-state index in [1.165, 1.54) is 12.1 Å². The molecule has 0 aliphatic rings. The van der Waals surface area contributed by atoms with E-state index in [4.69, 9.17) is 0 Å². The van der Waals surface area contributed by atoms with Crippen LogP contribution in [-0.4, -0.2) is 30.4 Å². The molecule has 0 saturated carbocycles. The molecule has 130 valence electrons. The summed E-state index contributed by atoms with van der Waals surface area (Å²) in [6.07, 6.45) is 0.0687. The number of nitrogens with one attached hydrogen (secondary N) is 3. The van der Waals surface area contributed by atoms with Crippen LogP contribution < -0.4 is 20.9 Å². The van der Waals surface area contributed by atoms with Crippen LogP contribution in [-0.2, 0) is 14.8 Å². The maximum atomic E-state index is 12.4. The van der Waals surface area contributed by atoms with Gasteiger partial charge in [-0.25, -0.2) is 13.1 Å². The van der Waals surface area contributed by atoms with Crippen LogP contribution in [0.15, 0.2) is 32.7 Å². The fourth-order valence-corrected chi connectivity index (χ4v) is 3.40. The summed E-state index contributed by atoms with van der Waals surface area (Å²) in [4.78, 5) is 38.0. The maximum absolute atomic E-state index is 12.4. The van der Waals surface area contributed by atoms with Crippen molar-refractivity contribution in [2.45, 2.75) is 31.2 Å². The lowest BCUT2D eigenvalue weighted by molar-refractivity contribution is -0.308. The molecule has 10 heteroatoms. The first-order valence-electron chi connectivity index (χ1n) is 7.09. The van der Waals surface area contributed by atoms with Crippen LogP contribution in [0.4, 0.5) is 0 Å². The summed E-state index contributed by atoms with van der Waals surface area (Å²) in [5.74, 6) is -1.58. The highest BCUT2D eigenvalue weighted by atomic mass is 32.2. The van der Waals surface area contributed by atoms with Crippen LogP contribution >= 0.6 is 0 Å². The van der Waals surface area contributed by atoms with Crippen molar-refractivity contribution in [3.8, 4) is 0 Å². The molecule has 0 spiro atoms. The third-order valence-electron chi connectivity index (χ3n) is 3.29. The molecule has 3 N–H and O–H groups in total. The average molecular weight is 354 g/mol. The van der Waals surface area contributed by atoms with Gasteiger partial charge >= 0.3 is 11.1 Å². The number of sulfonamides is 1. The fraction of sp³-hybridized carbons (Fsp3) is 0.357. The van der Waals surface area contributed by atoms with Gasteiger partial charge in [-0.05, 0) is 30.5 Å². The third-order valence-corrected chi connectivity index (χ3v) is 4.76. The molecule has 0 amide bonds. The molecule has 9 nitrogen and oxygen atoms in total. The Labute approximate surface area is 136 Å². The van der Waals surface area contributed by atoms with Crippen molar-refractivity contribution in [3.63, 3.8) is 0 Å². The lowest BCUT2D eigenvalue weighted by Crippen LogP contribution is -2.48. The second-order valence-electron chi connectivity index (χ2n) is 5.74. The molecule has 1 aromatic carbocycles. The molecule has 0 radical (unpaired) electrons. The zero-order valence-corrected chi connectivity index (χ0v) is 13.8. The van der Waals surface area contributed by atoms with Crippen LogP contribution in [0.3, 0.4) is 0 Å². The summed E-state index contributed by atoms with van der Waals surface area (Å²) < 4.78 is 26.8. The van der Waals surface area contributed by atoms with Gasteiger partial charge in [0, 0.05) is 0 Å². The fourth-order valence-electron chi connectivity index (χ4n) is 2.18. The van der Waals surface area contributed by atoms with Gasteiger partial charge in [0.15, 0.2) is 0 Å². The molecular weight excluding hydrogens is 338 g/mol. The van der Waals surface area contributed by atoms with Gasteiger partial charge in [0.2, 0.25) is 10.0 Å². The molecule has 0 saturated heterocycles. The number of hydrogen-bond acceptors (Lipinski definition) is 6. The van der Waals surface area contributed by atoms with E-state index in [1.807, 2.05) is 0 Å². The van der Waals surface area contributed by atoms with E-state index in [1.54, 1.807) is 13.8 Å². The maximum Gasteiger partial charge on any atom is 0.314 e. The van der Waals surface area contributed by atoms with Crippen LogP contribution in [0.5, 0.6) is 0 Å². The van der Waals surface area contributed by atoms with E-state index in [2.05, 4.69) is 14.7 Å². The molecule has 2 rings (SSSR count). The Kier molecular flexibility index (Phi) is 4.90. The standard InChI is InChI=1S/C14H17N3O6S/c1-7(2)5-11(14(20)21)17-24(22,23)8-3-4-9-10(6-8)16-13(19)12(18)15-9/h3-4,6-7,11,17H,5H2,1-2H3,(H,15,18)(H,16,19)(H,20,21)/p-1. The van der Waals surface area contributed by atoms with Crippen molar-refractivity contribution in [3.05, 3.63) is 38.9 Å². The Morgan fingerprint density at radius 2 is 1.75 bits per heavy atom. The topological polar surface area (TPSA) is 152 Å². The molecule has 1 atom stereocenters. The largest absolute Gasteiger partial charge is 0.548 e. The van der Waals surface area contributed by atoms with Gasteiger partial charge in [0.05, 0.1) is 27.9 Å². The van der Waals surface area contributed by atoms with Crippen molar-refractivity contribution in [1.82, 2.24) is 14.7 Å². The first-order chi connectivity index (χ1) is 11.1. The Bertz CT molecular complexity index is 989. The Morgan fingerprint density at radius 3 is 2.29 bits per heavy atom. The minimum Gasteiger partial charge on any atom is -0.548 e. The minimum absolute atomic E-state index is 0.0615. The van der Waals surface area contributed by atoms with E-state index in [9.17, 15) is 27.9 Å². The summed E-state index contributed by atoms with van der Waals surface area (Å²) in [6.45, 7) is 3.50. The molecule has 0 aliphatic heterocycles. The van der Waals surface area contributed by atoms with Crippen molar-refractivity contribution in [1.29, 1.82) is 0 Å². The van der Waals surface area contributed by atoms with Gasteiger partial charge in [-0.15, -0.1) is 0 Å². The number of carbonyl (C=O) groups excluding carboxylic acids is 1. The molecule has 0 fully saturated rings. The Balaban J connectivity index is 2.43. The number of hydrogen-bond donors (Lipinski definition) is 3. The van der Waals surface area contributed by atoms with Crippen LogP contribution in [0.2, 0.25) is 0 Å². The second kappa shape index (κ2) is 6.57. The van der Waals surface area contributed by atoms with Crippen molar-refractivity contribution in [2.75, 3.05) is 0 Å². The zero-order valence-electron chi connectivity index (χ0n) is 13.0. The summed E-state index contributed by atoms with van der Waals surface area (Å²) in [5, 5.41) is 11.1. The molecule has 1 aromatic heterocycles. The molecule has 0 bridgehead atoms. The summed E-state index contributed by atoms with van der Waals surface area (Å²) >= 11 is 0. The number of benzene rings is 1. The van der Waals surface area contributed by atoms with Gasteiger partial charge in [-0.2, -0.15) is 0 Å². The highest BCUT2D eigenvalue weighted by Gasteiger charge is 2.22. The van der Waals surface area contributed by atoms with E-state index < -0.39 is 33.2 Å². The highest BCUT2D eigenvalue weighted by molar-refractivity contribution is 7.89. The van der Waals surface area contributed by atoms with Gasteiger partial charge in [-0.3, -0.25) is 9.59 Å². The van der Waals surface area contributed by atoms with Gasteiger partial charge in [-0.1, -0.05) is 13.8 Å². The highest BCUT2D eigenvalue weighted by Crippen LogP contribution is 2.16. The normalized spacial score (nSPS) is 13.3. The van der Waals surface area contributed by atoms with Gasteiger partial charge in [0.1, 0.15) is 0 Å². The zero-order chi connectivity index (χ0) is 18.1. The summed E-state index contributed by atoms with van der Waals surface area (Å²) in [5.41, 5.74) is -1.42. The monoisotopic (exact) mass is 354 g/mol. The first kappa shape index (κ1) is 17.9. The number of carboxylic acid groups (broad SMARTS) is 1. The van der Waals surface area contributed by atoms with Gasteiger partial charge < -0.3 is 19.9 Å².